The van der Waals surface area contributed by atoms with Crippen LogP contribution in [0.1, 0.15) is 38.3 Å². The number of carbonyl (C=O) groups is 2. The molecule has 116 valence electrons. The molecular weight excluding hydrogens is 266 g/mol. The predicted octanol–water partition coefficient (Wildman–Crippen LogP) is 2.79. The van der Waals surface area contributed by atoms with Gasteiger partial charge in [0.25, 0.3) is 0 Å². The Bertz CT molecular complexity index is 503. The first kappa shape index (κ1) is 17.2. The number of hydrogen-bond donors (Lipinski definition) is 2. The lowest BCUT2D eigenvalue weighted by Gasteiger charge is -2.19. The predicted molar refractivity (Wildman–Crippen MR) is 83.1 cm³/mol. The van der Waals surface area contributed by atoms with Crippen molar-refractivity contribution >= 4 is 11.9 Å². The normalized spacial score (nSPS) is 12.8. The van der Waals surface area contributed by atoms with E-state index in [4.69, 9.17) is 0 Å². The van der Waals surface area contributed by atoms with Gasteiger partial charge in [-0.1, -0.05) is 50.6 Å². The third kappa shape index (κ3) is 6.93. The first-order chi connectivity index (χ1) is 9.67. The summed E-state index contributed by atoms with van der Waals surface area (Å²) in [4.78, 5) is 23.1. The van der Waals surface area contributed by atoms with Crippen molar-refractivity contribution in [3.8, 4) is 0 Å². The van der Waals surface area contributed by atoms with E-state index in [1.165, 1.54) is 0 Å². The monoisotopic (exact) mass is 291 g/mol. The average Bonchev–Trinajstić information content (AvgIpc) is 2.32. The zero-order chi connectivity index (χ0) is 16.0. The van der Waals surface area contributed by atoms with Crippen molar-refractivity contribution in [1.29, 1.82) is 0 Å². The lowest BCUT2D eigenvalue weighted by Crippen LogP contribution is -2.35. The van der Waals surface area contributed by atoms with Gasteiger partial charge < -0.3 is 10.4 Å². The summed E-state index contributed by atoms with van der Waals surface area (Å²) in [7, 11) is 0. The van der Waals surface area contributed by atoms with Crippen molar-refractivity contribution < 1.29 is 14.7 Å². The molecule has 1 aromatic rings. The van der Waals surface area contributed by atoms with Crippen LogP contribution in [0.15, 0.2) is 24.3 Å². The van der Waals surface area contributed by atoms with Gasteiger partial charge in [-0.2, -0.15) is 0 Å². The van der Waals surface area contributed by atoms with Gasteiger partial charge >= 0.3 is 5.97 Å². The summed E-state index contributed by atoms with van der Waals surface area (Å²) in [5.74, 6) is -1.58. The number of aliphatic carboxylic acids is 1. The van der Waals surface area contributed by atoms with E-state index < -0.39 is 11.9 Å². The molecule has 0 aromatic heterocycles. The lowest BCUT2D eigenvalue weighted by molar-refractivity contribution is -0.141. The van der Waals surface area contributed by atoms with Crippen molar-refractivity contribution in [2.75, 3.05) is 6.54 Å². The maximum atomic E-state index is 11.8. The van der Waals surface area contributed by atoms with Gasteiger partial charge in [-0.25, -0.2) is 0 Å². The number of nitrogens with one attached hydrogen (secondary N) is 1. The highest BCUT2D eigenvalue weighted by atomic mass is 16.4. The number of aryl methyl sites for hydroxylation is 1. The minimum atomic E-state index is -0.882. The molecule has 0 aliphatic carbocycles. The molecule has 0 aliphatic rings. The molecule has 1 unspecified atom stereocenters. The highest BCUT2D eigenvalue weighted by molar-refractivity contribution is 5.78. The van der Waals surface area contributed by atoms with Crippen LogP contribution in [0.3, 0.4) is 0 Å². The van der Waals surface area contributed by atoms with Crippen molar-refractivity contribution in [2.45, 2.75) is 40.5 Å². The number of benzene rings is 1. The minimum Gasteiger partial charge on any atom is -0.481 e. The number of hydrogen-bond acceptors (Lipinski definition) is 2. The van der Waals surface area contributed by atoms with Gasteiger partial charge in [0.15, 0.2) is 0 Å². The van der Waals surface area contributed by atoms with Crippen LogP contribution in [0.4, 0.5) is 0 Å². The van der Waals surface area contributed by atoms with E-state index in [-0.39, 0.29) is 17.9 Å². The Labute approximate surface area is 126 Å². The van der Waals surface area contributed by atoms with E-state index in [0.29, 0.717) is 12.8 Å². The molecule has 1 amide bonds. The van der Waals surface area contributed by atoms with E-state index in [1.807, 2.05) is 52.0 Å². The van der Waals surface area contributed by atoms with Crippen LogP contribution in [-0.4, -0.2) is 23.5 Å². The number of carboxylic acid groups (broad SMARTS) is 1. The molecule has 4 heteroatoms. The Kier molecular flexibility index (Phi) is 5.94. The standard InChI is InChI=1S/C17H25NO3/c1-12-6-5-7-13(8-12)9-14(16(20)21)11-18-15(19)10-17(2,3)4/h5-8,14H,9-11H2,1-4H3,(H,18,19)(H,20,21). The van der Waals surface area contributed by atoms with Gasteiger partial charge in [0.05, 0.1) is 5.92 Å². The van der Waals surface area contributed by atoms with E-state index >= 15 is 0 Å². The lowest BCUT2D eigenvalue weighted by atomic mass is 9.91. The van der Waals surface area contributed by atoms with Crippen LogP contribution in [0.2, 0.25) is 0 Å². The topological polar surface area (TPSA) is 66.4 Å². The maximum absolute atomic E-state index is 11.8. The number of rotatable bonds is 6. The number of carboxylic acids is 1. The van der Waals surface area contributed by atoms with Crippen molar-refractivity contribution in [2.24, 2.45) is 11.3 Å². The summed E-state index contributed by atoms with van der Waals surface area (Å²) in [5, 5.41) is 12.0. The van der Waals surface area contributed by atoms with Gasteiger partial charge in [-0.15, -0.1) is 0 Å². The Hall–Kier alpha value is -1.84. The summed E-state index contributed by atoms with van der Waals surface area (Å²) in [5.41, 5.74) is 1.99. The highest BCUT2D eigenvalue weighted by Crippen LogP contribution is 2.18. The fraction of sp³-hybridized carbons (Fsp3) is 0.529. The summed E-state index contributed by atoms with van der Waals surface area (Å²) < 4.78 is 0. The Balaban J connectivity index is 2.59. The molecule has 1 atom stereocenters. The molecule has 1 rings (SSSR count). The van der Waals surface area contributed by atoms with Gasteiger partial charge in [0.2, 0.25) is 5.91 Å². The molecule has 4 nitrogen and oxygen atoms in total. The highest BCUT2D eigenvalue weighted by Gasteiger charge is 2.21. The third-order valence-corrected chi connectivity index (χ3v) is 3.15. The molecule has 2 N–H and O–H groups in total. The van der Waals surface area contributed by atoms with Crippen LogP contribution in [0, 0.1) is 18.3 Å². The summed E-state index contributed by atoms with van der Waals surface area (Å²) >= 11 is 0. The number of amides is 1. The van der Waals surface area contributed by atoms with Gasteiger partial charge in [-0.05, 0) is 24.3 Å². The third-order valence-electron chi connectivity index (χ3n) is 3.15. The number of carbonyl (C=O) groups excluding carboxylic acids is 1. The molecule has 0 bridgehead atoms. The summed E-state index contributed by atoms with van der Waals surface area (Å²) in [6.07, 6.45) is 0.816. The Morgan fingerprint density at radius 3 is 2.48 bits per heavy atom. The van der Waals surface area contributed by atoms with E-state index in [0.717, 1.165) is 11.1 Å². The van der Waals surface area contributed by atoms with E-state index in [9.17, 15) is 14.7 Å². The van der Waals surface area contributed by atoms with Crippen LogP contribution in [0.5, 0.6) is 0 Å². The molecule has 0 fully saturated rings. The second kappa shape index (κ2) is 7.25. The first-order valence-electron chi connectivity index (χ1n) is 7.22. The summed E-state index contributed by atoms with van der Waals surface area (Å²) in [6.45, 7) is 8.08. The van der Waals surface area contributed by atoms with Crippen LogP contribution < -0.4 is 5.32 Å². The van der Waals surface area contributed by atoms with E-state index in [1.54, 1.807) is 0 Å². The molecular formula is C17H25NO3. The smallest absolute Gasteiger partial charge is 0.308 e. The van der Waals surface area contributed by atoms with Crippen LogP contribution in [-0.2, 0) is 16.0 Å². The Morgan fingerprint density at radius 1 is 1.29 bits per heavy atom. The zero-order valence-electron chi connectivity index (χ0n) is 13.3. The van der Waals surface area contributed by atoms with Crippen molar-refractivity contribution in [1.82, 2.24) is 5.32 Å². The second-order valence-corrected chi connectivity index (χ2v) is 6.77. The molecule has 0 saturated heterocycles. The fourth-order valence-corrected chi connectivity index (χ4v) is 2.15. The van der Waals surface area contributed by atoms with Gasteiger partial charge in [0, 0.05) is 13.0 Å². The molecule has 0 saturated carbocycles. The van der Waals surface area contributed by atoms with Gasteiger partial charge in [-0.3, -0.25) is 9.59 Å². The molecule has 0 aliphatic heterocycles. The van der Waals surface area contributed by atoms with Crippen LogP contribution >= 0.6 is 0 Å². The molecule has 0 heterocycles. The van der Waals surface area contributed by atoms with Gasteiger partial charge in [0.1, 0.15) is 0 Å². The molecule has 0 radical (unpaired) electrons. The quantitative estimate of drug-likeness (QED) is 0.847. The maximum Gasteiger partial charge on any atom is 0.308 e. The fourth-order valence-electron chi connectivity index (χ4n) is 2.15. The first-order valence-corrected chi connectivity index (χ1v) is 7.22. The van der Waals surface area contributed by atoms with Crippen molar-refractivity contribution in [3.05, 3.63) is 35.4 Å². The van der Waals surface area contributed by atoms with E-state index in [2.05, 4.69) is 5.32 Å². The second-order valence-electron chi connectivity index (χ2n) is 6.77. The largest absolute Gasteiger partial charge is 0.481 e. The SMILES string of the molecule is Cc1cccc(CC(CNC(=O)CC(C)(C)C)C(=O)O)c1. The zero-order valence-corrected chi connectivity index (χ0v) is 13.3. The van der Waals surface area contributed by atoms with Crippen LogP contribution in [0.25, 0.3) is 0 Å². The molecule has 1 aromatic carbocycles. The molecule has 0 spiro atoms. The van der Waals surface area contributed by atoms with Crippen molar-refractivity contribution in [3.63, 3.8) is 0 Å². The Morgan fingerprint density at radius 2 is 1.95 bits per heavy atom. The summed E-state index contributed by atoms with van der Waals surface area (Å²) in [6, 6.07) is 7.79. The minimum absolute atomic E-state index is 0.0979. The average molecular weight is 291 g/mol. The molecule has 21 heavy (non-hydrogen) atoms.